The van der Waals surface area contributed by atoms with E-state index in [1.165, 1.54) is 45.2 Å². The third-order valence-electron chi connectivity index (χ3n) is 4.62. The van der Waals surface area contributed by atoms with Crippen LogP contribution < -0.4 is 5.32 Å². The lowest BCUT2D eigenvalue weighted by molar-refractivity contribution is 0.0463. The van der Waals surface area contributed by atoms with Crippen molar-refractivity contribution in [3.05, 3.63) is 0 Å². The summed E-state index contributed by atoms with van der Waals surface area (Å²) in [5, 5.41) is 13.5. The van der Waals surface area contributed by atoms with Crippen LogP contribution in [0.4, 0.5) is 0 Å². The first-order valence-electron chi connectivity index (χ1n) is 7.78. The number of piperidine rings is 1. The first-order valence-corrected chi connectivity index (χ1v) is 7.78. The van der Waals surface area contributed by atoms with Gasteiger partial charge in [-0.25, -0.2) is 0 Å². The van der Waals surface area contributed by atoms with Crippen molar-refractivity contribution in [3.8, 4) is 0 Å². The van der Waals surface area contributed by atoms with E-state index in [2.05, 4.69) is 24.1 Å². The summed E-state index contributed by atoms with van der Waals surface area (Å²) in [5.74, 6) is 0. The Morgan fingerprint density at radius 2 is 1.94 bits per heavy atom. The molecule has 0 radical (unpaired) electrons. The molecule has 18 heavy (non-hydrogen) atoms. The zero-order chi connectivity index (χ0) is 13.0. The molecule has 106 valence electrons. The molecule has 2 rings (SSSR count). The Morgan fingerprint density at radius 3 is 2.56 bits per heavy atom. The molecule has 2 atom stereocenters. The van der Waals surface area contributed by atoms with Gasteiger partial charge in [-0.2, -0.15) is 0 Å². The molecule has 1 heterocycles. The Balaban J connectivity index is 1.97. The van der Waals surface area contributed by atoms with Crippen LogP contribution in [0.25, 0.3) is 0 Å². The van der Waals surface area contributed by atoms with Crippen LogP contribution >= 0.6 is 0 Å². The molecule has 3 heteroatoms. The molecule has 0 spiro atoms. The second-order valence-electron chi connectivity index (χ2n) is 6.58. The van der Waals surface area contributed by atoms with Gasteiger partial charge in [0.25, 0.3) is 0 Å². The largest absolute Gasteiger partial charge is 0.394 e. The lowest BCUT2D eigenvalue weighted by atomic mass is 9.78. The molecule has 0 amide bonds. The normalized spacial score (nSPS) is 35.0. The number of hydrogen-bond donors (Lipinski definition) is 2. The summed E-state index contributed by atoms with van der Waals surface area (Å²) in [5.41, 5.74) is -0.0193. The molecule has 3 nitrogen and oxygen atoms in total. The number of likely N-dealkylation sites (tertiary alicyclic amines) is 1. The lowest BCUT2D eigenvalue weighted by Gasteiger charge is -2.46. The van der Waals surface area contributed by atoms with E-state index in [9.17, 15) is 5.11 Å². The number of nitrogens with one attached hydrogen (secondary N) is 1. The maximum atomic E-state index is 9.83. The summed E-state index contributed by atoms with van der Waals surface area (Å²) in [4.78, 5) is 2.68. The second-order valence-corrected chi connectivity index (χ2v) is 6.58. The van der Waals surface area contributed by atoms with Gasteiger partial charge in [-0.3, -0.25) is 0 Å². The van der Waals surface area contributed by atoms with Gasteiger partial charge in [0.05, 0.1) is 6.61 Å². The highest BCUT2D eigenvalue weighted by atomic mass is 16.3. The number of rotatable bonds is 4. The van der Waals surface area contributed by atoms with Crippen LogP contribution in [0.2, 0.25) is 0 Å². The Hall–Kier alpha value is -0.120. The van der Waals surface area contributed by atoms with Gasteiger partial charge in [0, 0.05) is 17.6 Å². The van der Waals surface area contributed by atoms with Crippen molar-refractivity contribution in [2.75, 3.05) is 19.7 Å². The Labute approximate surface area is 112 Å². The van der Waals surface area contributed by atoms with Crippen LogP contribution in [0.5, 0.6) is 0 Å². The molecule has 1 saturated carbocycles. The molecule has 2 aliphatic rings. The van der Waals surface area contributed by atoms with Gasteiger partial charge < -0.3 is 15.3 Å². The van der Waals surface area contributed by atoms with Crippen LogP contribution in [-0.4, -0.2) is 47.3 Å². The van der Waals surface area contributed by atoms with E-state index < -0.39 is 0 Å². The zero-order valence-electron chi connectivity index (χ0n) is 12.1. The van der Waals surface area contributed by atoms with E-state index in [1.807, 2.05) is 0 Å². The van der Waals surface area contributed by atoms with Gasteiger partial charge in [0.2, 0.25) is 0 Å². The van der Waals surface area contributed by atoms with Crippen molar-refractivity contribution < 1.29 is 5.11 Å². The Morgan fingerprint density at radius 1 is 1.22 bits per heavy atom. The summed E-state index contributed by atoms with van der Waals surface area (Å²) < 4.78 is 0. The standard InChI is InChI=1S/C15H30N2O/c1-13(2)16-15(12-18)8-6-7-14(11-15)17-9-4-3-5-10-17/h13-14,16,18H,3-12H2,1-2H3. The second kappa shape index (κ2) is 6.36. The molecule has 0 aromatic rings. The van der Waals surface area contributed by atoms with Gasteiger partial charge in [0.15, 0.2) is 0 Å². The Bertz CT molecular complexity index is 251. The molecule has 2 unspecified atom stereocenters. The first kappa shape index (κ1) is 14.3. The van der Waals surface area contributed by atoms with Crippen molar-refractivity contribution in [3.63, 3.8) is 0 Å². The van der Waals surface area contributed by atoms with Gasteiger partial charge >= 0.3 is 0 Å². The average molecular weight is 254 g/mol. The van der Waals surface area contributed by atoms with E-state index in [0.717, 1.165) is 12.8 Å². The number of nitrogens with zero attached hydrogens (tertiary/aromatic N) is 1. The monoisotopic (exact) mass is 254 g/mol. The molecule has 2 fully saturated rings. The van der Waals surface area contributed by atoms with Gasteiger partial charge in [-0.05, 0) is 51.6 Å². The lowest BCUT2D eigenvalue weighted by Crippen LogP contribution is -2.58. The molecule has 1 aliphatic carbocycles. The summed E-state index contributed by atoms with van der Waals surface area (Å²) in [6, 6.07) is 1.15. The molecule has 0 aromatic heterocycles. The SMILES string of the molecule is CC(C)NC1(CO)CCCC(N2CCCCC2)C1. The summed E-state index contributed by atoms with van der Waals surface area (Å²) in [6.07, 6.45) is 8.95. The molecule has 1 saturated heterocycles. The topological polar surface area (TPSA) is 35.5 Å². The first-order chi connectivity index (χ1) is 8.65. The van der Waals surface area contributed by atoms with Gasteiger partial charge in [0.1, 0.15) is 0 Å². The van der Waals surface area contributed by atoms with Gasteiger partial charge in [-0.15, -0.1) is 0 Å². The average Bonchev–Trinajstić information content (AvgIpc) is 2.39. The maximum Gasteiger partial charge on any atom is 0.0613 e. The summed E-state index contributed by atoms with van der Waals surface area (Å²) in [6.45, 7) is 7.20. The van der Waals surface area contributed by atoms with E-state index in [0.29, 0.717) is 12.1 Å². The summed E-state index contributed by atoms with van der Waals surface area (Å²) in [7, 11) is 0. The minimum atomic E-state index is -0.0193. The molecule has 0 aromatic carbocycles. The van der Waals surface area contributed by atoms with Crippen LogP contribution in [0, 0.1) is 0 Å². The van der Waals surface area contributed by atoms with E-state index in [1.54, 1.807) is 0 Å². The summed E-state index contributed by atoms with van der Waals surface area (Å²) >= 11 is 0. The molecular formula is C15H30N2O. The smallest absolute Gasteiger partial charge is 0.0613 e. The predicted octanol–water partition coefficient (Wildman–Crippen LogP) is 2.14. The van der Waals surface area contributed by atoms with Crippen LogP contribution in [0.1, 0.15) is 58.8 Å². The molecule has 0 bridgehead atoms. The highest BCUT2D eigenvalue weighted by molar-refractivity contribution is 4.97. The van der Waals surface area contributed by atoms with Crippen molar-refractivity contribution >= 4 is 0 Å². The van der Waals surface area contributed by atoms with E-state index in [-0.39, 0.29) is 12.1 Å². The Kier molecular flexibility index (Phi) is 5.05. The fourth-order valence-corrected chi connectivity index (χ4v) is 3.86. The third kappa shape index (κ3) is 3.46. The van der Waals surface area contributed by atoms with Crippen LogP contribution in [-0.2, 0) is 0 Å². The fraction of sp³-hybridized carbons (Fsp3) is 1.00. The minimum absolute atomic E-state index is 0.0193. The molecule has 1 aliphatic heterocycles. The minimum Gasteiger partial charge on any atom is -0.394 e. The maximum absolute atomic E-state index is 9.83. The van der Waals surface area contributed by atoms with E-state index >= 15 is 0 Å². The number of aliphatic hydroxyl groups is 1. The highest BCUT2D eigenvalue weighted by Crippen LogP contribution is 2.32. The van der Waals surface area contributed by atoms with Crippen LogP contribution in [0.15, 0.2) is 0 Å². The highest BCUT2D eigenvalue weighted by Gasteiger charge is 2.38. The van der Waals surface area contributed by atoms with Crippen molar-refractivity contribution in [2.45, 2.75) is 76.4 Å². The van der Waals surface area contributed by atoms with Crippen LogP contribution in [0.3, 0.4) is 0 Å². The fourth-order valence-electron chi connectivity index (χ4n) is 3.86. The van der Waals surface area contributed by atoms with Crippen molar-refractivity contribution in [2.24, 2.45) is 0 Å². The predicted molar refractivity (Wildman–Crippen MR) is 75.8 cm³/mol. The molecule has 2 N–H and O–H groups in total. The number of aliphatic hydroxyl groups excluding tert-OH is 1. The zero-order valence-corrected chi connectivity index (χ0v) is 12.1. The van der Waals surface area contributed by atoms with Crippen molar-refractivity contribution in [1.29, 1.82) is 0 Å². The third-order valence-corrected chi connectivity index (χ3v) is 4.62. The number of hydrogen-bond acceptors (Lipinski definition) is 3. The van der Waals surface area contributed by atoms with E-state index in [4.69, 9.17) is 0 Å². The molecular weight excluding hydrogens is 224 g/mol. The van der Waals surface area contributed by atoms with Gasteiger partial charge in [-0.1, -0.05) is 20.3 Å². The quantitative estimate of drug-likeness (QED) is 0.807. The van der Waals surface area contributed by atoms with Crippen molar-refractivity contribution in [1.82, 2.24) is 10.2 Å².